The van der Waals surface area contributed by atoms with Crippen LogP contribution in [0.3, 0.4) is 0 Å². The molecule has 39 heavy (non-hydrogen) atoms. The number of amides is 1. The number of carbonyl (C=O) groups excluding carboxylic acids is 1. The van der Waals surface area contributed by atoms with Crippen molar-refractivity contribution in [3.05, 3.63) is 72.3 Å². The summed E-state index contributed by atoms with van der Waals surface area (Å²) in [7, 11) is 0. The van der Waals surface area contributed by atoms with E-state index in [1.54, 1.807) is 18.5 Å². The lowest BCUT2D eigenvalue weighted by Gasteiger charge is -2.43. The predicted octanol–water partition coefficient (Wildman–Crippen LogP) is 4.46. The highest BCUT2D eigenvalue weighted by atomic mass is 19.1. The number of anilines is 1. The first-order valence-electron chi connectivity index (χ1n) is 13.7. The maximum absolute atomic E-state index is 14.1. The number of piperidine rings is 2. The number of nitrogens with zero attached hydrogens (tertiary/aromatic N) is 6. The molecule has 5 heterocycles. The number of benzene rings is 1. The topological polar surface area (TPSA) is 93.2 Å². The summed E-state index contributed by atoms with van der Waals surface area (Å²) in [5, 5.41) is 0. The summed E-state index contributed by atoms with van der Waals surface area (Å²) in [6.45, 7) is 6.22. The quantitative estimate of drug-likeness (QED) is 0.412. The number of halogens is 1. The lowest BCUT2D eigenvalue weighted by molar-refractivity contribution is -0.139. The normalized spacial score (nSPS) is 18.5. The van der Waals surface area contributed by atoms with Gasteiger partial charge < -0.3 is 15.2 Å². The van der Waals surface area contributed by atoms with Crippen LogP contribution in [0.4, 0.5) is 10.2 Å². The van der Waals surface area contributed by atoms with Crippen molar-refractivity contribution in [1.82, 2.24) is 29.3 Å². The largest absolute Gasteiger partial charge is 0.384 e. The SMILES string of the molecule is CC1(n2c(-c3ccccn3)nc3cc(F)ccc32)CCN(C(=O)C2CCN(Cc3ccnc(N)c3)CC2)CC1. The smallest absolute Gasteiger partial charge is 0.225 e. The van der Waals surface area contributed by atoms with Crippen LogP contribution in [-0.2, 0) is 16.9 Å². The summed E-state index contributed by atoms with van der Waals surface area (Å²) >= 11 is 0. The average molecular weight is 528 g/mol. The molecule has 1 aromatic carbocycles. The highest BCUT2D eigenvalue weighted by Crippen LogP contribution is 2.38. The second kappa shape index (κ2) is 10.4. The molecule has 2 N–H and O–H groups in total. The standard InChI is InChI=1S/C30H34FN7O/c1-30(38-26-6-5-23(31)19-25(26)35-28(38)24-4-2-3-12-33-24)10-16-37(17-11-30)29(39)22-8-14-36(15-9-22)20-21-7-13-34-27(32)18-21/h2-7,12-13,18-19,22H,8-11,14-17,20H2,1H3,(H2,32,34). The van der Waals surface area contributed by atoms with E-state index >= 15 is 0 Å². The number of nitrogen functional groups attached to an aromatic ring is 1. The van der Waals surface area contributed by atoms with Gasteiger partial charge in [-0.3, -0.25) is 14.7 Å². The molecule has 4 aromatic rings. The predicted molar refractivity (Wildman–Crippen MR) is 149 cm³/mol. The number of fused-ring (bicyclic) bond motifs is 1. The Hall–Kier alpha value is -3.85. The van der Waals surface area contributed by atoms with Gasteiger partial charge in [-0.15, -0.1) is 0 Å². The molecular formula is C30H34FN7O. The van der Waals surface area contributed by atoms with Crippen molar-refractivity contribution in [3.63, 3.8) is 0 Å². The van der Waals surface area contributed by atoms with E-state index in [4.69, 9.17) is 10.7 Å². The van der Waals surface area contributed by atoms with E-state index in [2.05, 4.69) is 26.4 Å². The molecule has 8 nitrogen and oxygen atoms in total. The molecule has 0 bridgehead atoms. The van der Waals surface area contributed by atoms with E-state index in [1.807, 2.05) is 35.2 Å². The summed E-state index contributed by atoms with van der Waals surface area (Å²) in [4.78, 5) is 31.4. The average Bonchev–Trinajstić information content (AvgIpc) is 3.34. The fourth-order valence-corrected chi connectivity index (χ4v) is 6.15. The van der Waals surface area contributed by atoms with E-state index < -0.39 is 0 Å². The molecule has 6 rings (SSSR count). The van der Waals surface area contributed by atoms with Gasteiger partial charge in [-0.1, -0.05) is 6.07 Å². The number of likely N-dealkylation sites (tertiary alicyclic amines) is 2. The maximum atomic E-state index is 14.1. The number of nitrogens with two attached hydrogens (primary N) is 1. The van der Waals surface area contributed by atoms with E-state index in [0.29, 0.717) is 24.4 Å². The van der Waals surface area contributed by atoms with Crippen LogP contribution in [0.15, 0.2) is 60.9 Å². The summed E-state index contributed by atoms with van der Waals surface area (Å²) in [6, 6.07) is 14.4. The Labute approximate surface area is 227 Å². The van der Waals surface area contributed by atoms with Crippen molar-refractivity contribution >= 4 is 22.8 Å². The number of imidazole rings is 1. The molecule has 0 atom stereocenters. The molecule has 2 aliphatic heterocycles. The van der Waals surface area contributed by atoms with Crippen molar-refractivity contribution < 1.29 is 9.18 Å². The Morgan fingerprint density at radius 1 is 1.03 bits per heavy atom. The molecule has 1 amide bonds. The van der Waals surface area contributed by atoms with Crippen LogP contribution in [-0.4, -0.2) is 61.4 Å². The van der Waals surface area contributed by atoms with E-state index in [-0.39, 0.29) is 23.2 Å². The monoisotopic (exact) mass is 527 g/mol. The summed E-state index contributed by atoms with van der Waals surface area (Å²) in [6.07, 6.45) is 6.83. The molecular weight excluding hydrogens is 493 g/mol. The first-order chi connectivity index (χ1) is 18.9. The van der Waals surface area contributed by atoms with Crippen molar-refractivity contribution in [3.8, 4) is 11.5 Å². The molecule has 202 valence electrons. The fraction of sp³-hybridized carbons (Fsp3) is 0.400. The third-order valence-corrected chi connectivity index (χ3v) is 8.39. The number of aromatic nitrogens is 4. The van der Waals surface area contributed by atoms with E-state index in [9.17, 15) is 9.18 Å². The van der Waals surface area contributed by atoms with Gasteiger partial charge in [0.2, 0.25) is 5.91 Å². The molecule has 2 aliphatic rings. The molecule has 0 aliphatic carbocycles. The Bertz CT molecular complexity index is 1470. The van der Waals surface area contributed by atoms with Gasteiger partial charge in [0.15, 0.2) is 5.82 Å². The van der Waals surface area contributed by atoms with Gasteiger partial charge in [0.1, 0.15) is 17.3 Å². The molecule has 0 unspecified atom stereocenters. The lowest BCUT2D eigenvalue weighted by atomic mass is 9.87. The van der Waals surface area contributed by atoms with Gasteiger partial charge in [0.25, 0.3) is 0 Å². The van der Waals surface area contributed by atoms with Crippen LogP contribution in [0.1, 0.15) is 38.2 Å². The van der Waals surface area contributed by atoms with E-state index in [0.717, 1.165) is 67.9 Å². The van der Waals surface area contributed by atoms with Crippen molar-refractivity contribution in [2.75, 3.05) is 31.9 Å². The molecule has 2 saturated heterocycles. The zero-order valence-electron chi connectivity index (χ0n) is 22.3. The third kappa shape index (κ3) is 5.11. The molecule has 9 heteroatoms. The minimum Gasteiger partial charge on any atom is -0.384 e. The van der Waals surface area contributed by atoms with Gasteiger partial charge in [-0.05, 0) is 87.7 Å². The fourth-order valence-electron chi connectivity index (χ4n) is 6.15. The Kier molecular flexibility index (Phi) is 6.76. The minimum absolute atomic E-state index is 0.0641. The van der Waals surface area contributed by atoms with E-state index in [1.165, 1.54) is 12.1 Å². The minimum atomic E-state index is -0.304. The summed E-state index contributed by atoms with van der Waals surface area (Å²) in [5.74, 6) is 1.31. The van der Waals surface area contributed by atoms with Gasteiger partial charge >= 0.3 is 0 Å². The highest BCUT2D eigenvalue weighted by Gasteiger charge is 2.38. The number of rotatable bonds is 5. The van der Waals surface area contributed by atoms with Gasteiger partial charge in [0, 0.05) is 49.6 Å². The number of carbonyl (C=O) groups is 1. The first kappa shape index (κ1) is 25.4. The number of pyridine rings is 2. The molecule has 2 fully saturated rings. The van der Waals surface area contributed by atoms with Crippen LogP contribution in [0, 0.1) is 11.7 Å². The number of hydrogen-bond donors (Lipinski definition) is 1. The Balaban J connectivity index is 1.14. The maximum Gasteiger partial charge on any atom is 0.225 e. The van der Waals surface area contributed by atoms with Crippen molar-refractivity contribution in [2.45, 2.75) is 44.7 Å². The zero-order valence-corrected chi connectivity index (χ0v) is 22.3. The summed E-state index contributed by atoms with van der Waals surface area (Å²) < 4.78 is 16.3. The van der Waals surface area contributed by atoms with Crippen LogP contribution >= 0.6 is 0 Å². The Morgan fingerprint density at radius 3 is 2.54 bits per heavy atom. The lowest BCUT2D eigenvalue weighted by Crippen LogP contribution is -2.49. The zero-order chi connectivity index (χ0) is 27.0. The van der Waals surface area contributed by atoms with Crippen LogP contribution < -0.4 is 5.73 Å². The number of hydrogen-bond acceptors (Lipinski definition) is 6. The third-order valence-electron chi connectivity index (χ3n) is 8.39. The summed E-state index contributed by atoms with van der Waals surface area (Å²) in [5.41, 5.74) is 8.98. The second-order valence-electron chi connectivity index (χ2n) is 11.1. The first-order valence-corrected chi connectivity index (χ1v) is 13.7. The molecule has 0 saturated carbocycles. The Morgan fingerprint density at radius 2 is 1.82 bits per heavy atom. The van der Waals surface area contributed by atoms with Gasteiger partial charge in [-0.2, -0.15) is 0 Å². The second-order valence-corrected chi connectivity index (χ2v) is 11.1. The van der Waals surface area contributed by atoms with Crippen molar-refractivity contribution in [2.24, 2.45) is 5.92 Å². The highest BCUT2D eigenvalue weighted by molar-refractivity contribution is 5.81. The van der Waals surface area contributed by atoms with Crippen LogP contribution in [0.2, 0.25) is 0 Å². The van der Waals surface area contributed by atoms with Crippen molar-refractivity contribution in [1.29, 1.82) is 0 Å². The molecule has 0 radical (unpaired) electrons. The van der Waals surface area contributed by atoms with Crippen LogP contribution in [0.25, 0.3) is 22.6 Å². The molecule has 0 spiro atoms. The molecule has 3 aromatic heterocycles. The van der Waals surface area contributed by atoms with Gasteiger partial charge in [0.05, 0.1) is 11.0 Å². The van der Waals surface area contributed by atoms with Crippen LogP contribution in [0.5, 0.6) is 0 Å². The van der Waals surface area contributed by atoms with Gasteiger partial charge in [-0.25, -0.2) is 14.4 Å².